The Hall–Kier alpha value is -0.120. The maximum atomic E-state index is 5.66. The van der Waals surface area contributed by atoms with Gasteiger partial charge in [0.25, 0.3) is 0 Å². The minimum Gasteiger partial charge on any atom is -0.378 e. The first-order valence-electron chi connectivity index (χ1n) is 5.60. The summed E-state index contributed by atoms with van der Waals surface area (Å²) in [6.07, 6.45) is 2.69. The van der Waals surface area contributed by atoms with Gasteiger partial charge < -0.3 is 14.2 Å². The van der Waals surface area contributed by atoms with Crippen LogP contribution in [0.25, 0.3) is 0 Å². The van der Waals surface area contributed by atoms with E-state index in [1.54, 1.807) is 0 Å². The first-order valence-corrected chi connectivity index (χ1v) is 5.60. The third-order valence-electron chi connectivity index (χ3n) is 3.01. The van der Waals surface area contributed by atoms with Crippen molar-refractivity contribution in [2.24, 2.45) is 11.8 Å². The molecule has 2 fully saturated rings. The molecule has 0 spiro atoms. The summed E-state index contributed by atoms with van der Waals surface area (Å²) in [7, 11) is 0. The third kappa shape index (κ3) is 2.47. The molecule has 2 aliphatic heterocycles. The average Bonchev–Trinajstić information content (AvgIpc) is 2.21. The fourth-order valence-corrected chi connectivity index (χ4v) is 2.00. The molecule has 0 saturated carbocycles. The van der Waals surface area contributed by atoms with Crippen molar-refractivity contribution in [3.05, 3.63) is 0 Å². The van der Waals surface area contributed by atoms with E-state index in [-0.39, 0.29) is 6.29 Å². The molecule has 0 aromatic carbocycles. The highest BCUT2D eigenvalue weighted by molar-refractivity contribution is 4.72. The lowest BCUT2D eigenvalue weighted by molar-refractivity contribution is -0.238. The van der Waals surface area contributed by atoms with E-state index in [2.05, 4.69) is 13.8 Å². The van der Waals surface area contributed by atoms with Gasteiger partial charge in [-0.2, -0.15) is 0 Å². The van der Waals surface area contributed by atoms with Crippen molar-refractivity contribution in [3.8, 4) is 0 Å². The Bertz CT molecular complexity index is 147. The number of hydrogen-bond donors (Lipinski definition) is 0. The second kappa shape index (κ2) is 4.60. The minimum absolute atomic E-state index is 0.0151. The van der Waals surface area contributed by atoms with Gasteiger partial charge in [-0.25, -0.2) is 0 Å². The maximum absolute atomic E-state index is 5.66. The highest BCUT2D eigenvalue weighted by Crippen LogP contribution is 2.26. The van der Waals surface area contributed by atoms with Gasteiger partial charge in [-0.3, -0.25) is 0 Å². The Kier molecular flexibility index (Phi) is 3.42. The van der Waals surface area contributed by atoms with Crippen molar-refractivity contribution < 1.29 is 14.2 Å². The van der Waals surface area contributed by atoms with Gasteiger partial charge in [0.15, 0.2) is 6.29 Å². The molecule has 2 saturated heterocycles. The van der Waals surface area contributed by atoms with E-state index in [0.717, 1.165) is 26.2 Å². The summed E-state index contributed by atoms with van der Waals surface area (Å²) in [6, 6.07) is 0. The second-order valence-electron chi connectivity index (χ2n) is 4.62. The van der Waals surface area contributed by atoms with Crippen LogP contribution in [0.4, 0.5) is 0 Å². The fraction of sp³-hybridized carbons (Fsp3) is 1.00. The summed E-state index contributed by atoms with van der Waals surface area (Å²) in [5, 5.41) is 0. The monoisotopic (exact) mass is 200 g/mol. The largest absolute Gasteiger partial charge is 0.378 e. The van der Waals surface area contributed by atoms with Gasteiger partial charge in [-0.1, -0.05) is 6.92 Å². The van der Waals surface area contributed by atoms with Gasteiger partial charge in [0.05, 0.1) is 25.9 Å². The summed E-state index contributed by atoms with van der Waals surface area (Å²) in [5.74, 6) is 0.980. The van der Waals surface area contributed by atoms with E-state index in [1.165, 1.54) is 6.42 Å². The predicted octanol–water partition coefficient (Wildman–Crippen LogP) is 1.81. The molecule has 2 atom stereocenters. The molecule has 82 valence electrons. The Morgan fingerprint density at radius 3 is 2.14 bits per heavy atom. The molecule has 0 amide bonds. The molecule has 0 aliphatic carbocycles. The Morgan fingerprint density at radius 1 is 0.857 bits per heavy atom. The smallest absolute Gasteiger partial charge is 0.162 e. The minimum atomic E-state index is -0.0151. The lowest BCUT2D eigenvalue weighted by Gasteiger charge is -2.36. The maximum Gasteiger partial charge on any atom is 0.162 e. The van der Waals surface area contributed by atoms with Crippen LogP contribution in [-0.4, -0.2) is 32.2 Å². The fourth-order valence-electron chi connectivity index (χ4n) is 2.00. The second-order valence-corrected chi connectivity index (χ2v) is 4.62. The van der Waals surface area contributed by atoms with Gasteiger partial charge >= 0.3 is 0 Å². The Balaban J connectivity index is 1.78. The molecule has 0 bridgehead atoms. The predicted molar refractivity (Wildman–Crippen MR) is 53.0 cm³/mol. The SMILES string of the molecule is CC1COC(C2CCC(C)OC2)OC1. The van der Waals surface area contributed by atoms with Crippen molar-refractivity contribution in [1.29, 1.82) is 0 Å². The first-order chi connectivity index (χ1) is 6.75. The molecule has 3 heteroatoms. The number of ether oxygens (including phenoxy) is 3. The van der Waals surface area contributed by atoms with E-state index in [1.807, 2.05) is 0 Å². The quantitative estimate of drug-likeness (QED) is 0.646. The van der Waals surface area contributed by atoms with E-state index >= 15 is 0 Å². The van der Waals surface area contributed by atoms with E-state index in [9.17, 15) is 0 Å². The standard InChI is InChI=1S/C11H20O3/c1-8-5-13-11(14-6-8)10-4-3-9(2)12-7-10/h8-11H,3-7H2,1-2H3. The average molecular weight is 200 g/mol. The van der Waals surface area contributed by atoms with Crippen LogP contribution in [-0.2, 0) is 14.2 Å². The van der Waals surface area contributed by atoms with Gasteiger partial charge in [-0.05, 0) is 19.8 Å². The molecule has 14 heavy (non-hydrogen) atoms. The van der Waals surface area contributed by atoms with E-state index in [4.69, 9.17) is 14.2 Å². The van der Waals surface area contributed by atoms with E-state index in [0.29, 0.717) is 17.9 Å². The zero-order valence-corrected chi connectivity index (χ0v) is 9.07. The van der Waals surface area contributed by atoms with Crippen LogP contribution in [0.15, 0.2) is 0 Å². The van der Waals surface area contributed by atoms with Crippen molar-refractivity contribution in [3.63, 3.8) is 0 Å². The lowest BCUT2D eigenvalue weighted by Crippen LogP contribution is -2.40. The van der Waals surface area contributed by atoms with Crippen molar-refractivity contribution in [2.75, 3.05) is 19.8 Å². The Morgan fingerprint density at radius 2 is 1.57 bits per heavy atom. The van der Waals surface area contributed by atoms with Gasteiger partial charge in [-0.15, -0.1) is 0 Å². The van der Waals surface area contributed by atoms with Crippen LogP contribution >= 0.6 is 0 Å². The first kappa shape index (κ1) is 10.4. The molecule has 0 aromatic rings. The van der Waals surface area contributed by atoms with Crippen molar-refractivity contribution in [2.45, 2.75) is 39.1 Å². The van der Waals surface area contributed by atoms with Gasteiger partial charge in [0.2, 0.25) is 0 Å². The highest BCUT2D eigenvalue weighted by Gasteiger charge is 2.30. The number of rotatable bonds is 1. The number of hydrogen-bond acceptors (Lipinski definition) is 3. The Labute approximate surface area is 85.7 Å². The summed E-state index contributed by atoms with van der Waals surface area (Å²) in [5.41, 5.74) is 0. The molecule has 0 aromatic heterocycles. The third-order valence-corrected chi connectivity index (χ3v) is 3.01. The van der Waals surface area contributed by atoms with Crippen molar-refractivity contribution >= 4 is 0 Å². The molecule has 0 N–H and O–H groups in total. The molecule has 2 unspecified atom stereocenters. The topological polar surface area (TPSA) is 27.7 Å². The summed E-state index contributed by atoms with van der Waals surface area (Å²) in [6.45, 7) is 6.73. The van der Waals surface area contributed by atoms with Crippen LogP contribution in [0.1, 0.15) is 26.7 Å². The molecule has 2 rings (SSSR count). The van der Waals surface area contributed by atoms with Crippen molar-refractivity contribution in [1.82, 2.24) is 0 Å². The lowest BCUT2D eigenvalue weighted by atomic mass is 9.98. The van der Waals surface area contributed by atoms with Crippen LogP contribution in [0, 0.1) is 11.8 Å². The van der Waals surface area contributed by atoms with Crippen LogP contribution in [0.2, 0.25) is 0 Å². The molecule has 2 heterocycles. The van der Waals surface area contributed by atoms with Crippen LogP contribution in [0.3, 0.4) is 0 Å². The normalized spacial score (nSPS) is 45.0. The molecule has 2 aliphatic rings. The molecule has 0 radical (unpaired) electrons. The van der Waals surface area contributed by atoms with E-state index < -0.39 is 0 Å². The van der Waals surface area contributed by atoms with Gasteiger partial charge in [0.1, 0.15) is 0 Å². The van der Waals surface area contributed by atoms with Crippen LogP contribution in [0.5, 0.6) is 0 Å². The van der Waals surface area contributed by atoms with Crippen LogP contribution < -0.4 is 0 Å². The molecular weight excluding hydrogens is 180 g/mol. The summed E-state index contributed by atoms with van der Waals surface area (Å²) >= 11 is 0. The van der Waals surface area contributed by atoms with Gasteiger partial charge in [0, 0.05) is 11.8 Å². The zero-order chi connectivity index (χ0) is 9.97. The molecular formula is C11H20O3. The molecule has 3 nitrogen and oxygen atoms in total. The highest BCUT2D eigenvalue weighted by atomic mass is 16.7. The zero-order valence-electron chi connectivity index (χ0n) is 9.07. The summed E-state index contributed by atoms with van der Waals surface area (Å²) in [4.78, 5) is 0. The summed E-state index contributed by atoms with van der Waals surface area (Å²) < 4.78 is 16.9.